The lowest BCUT2D eigenvalue weighted by Crippen LogP contribution is -2.15. The molecule has 0 saturated heterocycles. The monoisotopic (exact) mass is 317 g/mol. The van der Waals surface area contributed by atoms with E-state index in [1.165, 1.54) is 30.5 Å². The SMILES string of the molecule is CC[C@H](N)c1ccc(Cl)c(C(=O)c2ccc(N)nc2)c1F.[HH].[HH].[HH].[HH].[HH]. The average molecular weight is 318 g/mol. The van der Waals surface area contributed by atoms with Crippen molar-refractivity contribution in [3.05, 3.63) is 58.0 Å². The first-order chi connectivity index (χ1) is 9.95. The highest BCUT2D eigenvalue weighted by Crippen LogP contribution is 2.28. The molecule has 6 heteroatoms. The summed E-state index contributed by atoms with van der Waals surface area (Å²) in [6, 6.07) is 5.45. The number of anilines is 1. The minimum Gasteiger partial charge on any atom is -0.384 e. The second-order valence-electron chi connectivity index (χ2n) is 4.64. The molecule has 0 radical (unpaired) electrons. The van der Waals surface area contributed by atoms with Gasteiger partial charge in [0.25, 0.3) is 0 Å². The molecule has 1 atom stereocenters. The van der Waals surface area contributed by atoms with Crippen LogP contribution in [-0.4, -0.2) is 10.8 Å². The van der Waals surface area contributed by atoms with E-state index in [0.29, 0.717) is 6.42 Å². The lowest BCUT2D eigenvalue weighted by molar-refractivity contribution is 0.103. The third-order valence-corrected chi connectivity index (χ3v) is 3.55. The van der Waals surface area contributed by atoms with Gasteiger partial charge in [0.1, 0.15) is 11.6 Å². The van der Waals surface area contributed by atoms with Gasteiger partial charge in [-0.2, -0.15) is 0 Å². The van der Waals surface area contributed by atoms with Crippen LogP contribution in [0.2, 0.25) is 5.02 Å². The van der Waals surface area contributed by atoms with Crippen molar-refractivity contribution in [1.82, 2.24) is 4.98 Å². The number of aromatic nitrogens is 1. The number of hydrogen-bond donors (Lipinski definition) is 2. The topological polar surface area (TPSA) is 82.0 Å². The maximum Gasteiger partial charge on any atom is 0.199 e. The van der Waals surface area contributed by atoms with E-state index in [1.54, 1.807) is 0 Å². The molecular weight excluding hydrogens is 293 g/mol. The smallest absolute Gasteiger partial charge is 0.199 e. The average Bonchev–Trinajstić information content (AvgIpc) is 2.47. The Labute approximate surface area is 134 Å². The largest absolute Gasteiger partial charge is 0.384 e. The number of carbonyl (C=O) groups excluding carboxylic acids is 1. The highest BCUT2D eigenvalue weighted by Gasteiger charge is 2.22. The molecule has 0 spiro atoms. The van der Waals surface area contributed by atoms with Crippen molar-refractivity contribution in [1.29, 1.82) is 0 Å². The van der Waals surface area contributed by atoms with Crippen LogP contribution in [0.4, 0.5) is 10.2 Å². The number of ketones is 1. The molecule has 0 amide bonds. The summed E-state index contributed by atoms with van der Waals surface area (Å²) < 4.78 is 14.6. The highest BCUT2D eigenvalue weighted by molar-refractivity contribution is 6.35. The molecule has 0 fully saturated rings. The first-order valence-electron chi connectivity index (χ1n) is 6.45. The maximum absolute atomic E-state index is 14.6. The third kappa shape index (κ3) is 3.04. The van der Waals surface area contributed by atoms with E-state index < -0.39 is 17.6 Å². The number of nitrogens with zero attached hydrogens (tertiary/aromatic N) is 1. The number of hydrogen-bond acceptors (Lipinski definition) is 4. The first kappa shape index (κ1) is 15.4. The fourth-order valence-corrected chi connectivity index (χ4v) is 2.20. The van der Waals surface area contributed by atoms with E-state index >= 15 is 0 Å². The van der Waals surface area contributed by atoms with E-state index in [4.69, 9.17) is 23.1 Å². The Kier molecular flexibility index (Phi) is 4.55. The van der Waals surface area contributed by atoms with Gasteiger partial charge in [0.05, 0.1) is 10.6 Å². The Balaban J connectivity index is -0.000000484. The zero-order chi connectivity index (χ0) is 15.6. The molecule has 120 valence electrons. The third-order valence-electron chi connectivity index (χ3n) is 3.24. The quantitative estimate of drug-likeness (QED) is 0.822. The Morgan fingerprint density at radius 1 is 1.43 bits per heavy atom. The molecular formula is C15H25ClFN3O. The number of nitrogens with two attached hydrogens (primary N) is 2. The highest BCUT2D eigenvalue weighted by atomic mass is 35.5. The van der Waals surface area contributed by atoms with Crippen molar-refractivity contribution in [2.75, 3.05) is 5.73 Å². The standard InChI is InChI=1S/C15H15ClFN3O.5H2/c1-2-11(18)9-4-5-10(16)13(14(9)17)15(21)8-3-6-12(19)20-7-8;;;;;/h3-7,11H,2,18H2,1H3,(H2,19,20);5*1H/t11-;;;;;/m0...../s1. The molecule has 1 aromatic carbocycles. The van der Waals surface area contributed by atoms with Crippen LogP contribution in [0.1, 0.15) is 48.0 Å². The molecule has 0 aliphatic heterocycles. The lowest BCUT2D eigenvalue weighted by atomic mass is 9.97. The fourth-order valence-electron chi connectivity index (χ4n) is 1.97. The Morgan fingerprint density at radius 2 is 2.14 bits per heavy atom. The van der Waals surface area contributed by atoms with Gasteiger partial charge in [-0.1, -0.05) is 24.6 Å². The number of halogens is 2. The predicted octanol–water partition coefficient (Wildman–Crippen LogP) is 4.33. The number of rotatable bonds is 4. The van der Waals surface area contributed by atoms with E-state index in [1.807, 2.05) is 6.92 Å². The summed E-state index contributed by atoms with van der Waals surface area (Å²) in [4.78, 5) is 16.2. The van der Waals surface area contributed by atoms with Crippen LogP contribution in [0.25, 0.3) is 0 Å². The van der Waals surface area contributed by atoms with Crippen LogP contribution in [0.15, 0.2) is 30.5 Å². The van der Waals surface area contributed by atoms with Gasteiger partial charge >= 0.3 is 0 Å². The molecule has 2 rings (SSSR count). The molecule has 21 heavy (non-hydrogen) atoms. The number of carbonyl (C=O) groups is 1. The summed E-state index contributed by atoms with van der Waals surface area (Å²) >= 11 is 5.98. The molecule has 2 aromatic rings. The number of benzene rings is 1. The van der Waals surface area contributed by atoms with E-state index in [-0.39, 0.29) is 34.7 Å². The van der Waals surface area contributed by atoms with Gasteiger partial charge in [-0.05, 0) is 24.6 Å². The molecule has 0 aliphatic rings. The Hall–Kier alpha value is -1.98. The zero-order valence-corrected chi connectivity index (χ0v) is 12.2. The summed E-state index contributed by atoms with van der Waals surface area (Å²) in [5.41, 5.74) is 11.6. The fraction of sp³-hybridized carbons (Fsp3) is 0.200. The minimum absolute atomic E-state index is 0. The number of nitrogen functional groups attached to an aromatic ring is 1. The summed E-state index contributed by atoms with van der Waals surface area (Å²) in [6.07, 6.45) is 1.84. The van der Waals surface area contributed by atoms with Crippen molar-refractivity contribution in [2.24, 2.45) is 5.73 Å². The van der Waals surface area contributed by atoms with Crippen LogP contribution in [-0.2, 0) is 0 Å². The van der Waals surface area contributed by atoms with Crippen molar-refractivity contribution < 1.29 is 16.3 Å². The van der Waals surface area contributed by atoms with E-state index in [9.17, 15) is 9.18 Å². The summed E-state index contributed by atoms with van der Waals surface area (Å²) in [5.74, 6) is -0.950. The van der Waals surface area contributed by atoms with Gasteiger partial charge in [0.2, 0.25) is 0 Å². The summed E-state index contributed by atoms with van der Waals surface area (Å²) in [5, 5.41) is 0.0429. The molecule has 0 saturated carbocycles. The van der Waals surface area contributed by atoms with Gasteiger partial charge in [-0.15, -0.1) is 0 Å². The van der Waals surface area contributed by atoms with Crippen LogP contribution < -0.4 is 11.5 Å². The zero-order valence-electron chi connectivity index (χ0n) is 11.4. The van der Waals surface area contributed by atoms with Gasteiger partial charge in [0.15, 0.2) is 5.78 Å². The lowest BCUT2D eigenvalue weighted by Gasteiger charge is -2.14. The molecule has 0 unspecified atom stereocenters. The maximum atomic E-state index is 14.6. The molecule has 4 N–H and O–H groups in total. The van der Waals surface area contributed by atoms with Crippen molar-refractivity contribution in [3.63, 3.8) is 0 Å². The van der Waals surface area contributed by atoms with Crippen molar-refractivity contribution in [2.45, 2.75) is 19.4 Å². The van der Waals surface area contributed by atoms with Crippen LogP contribution in [0.5, 0.6) is 0 Å². The van der Waals surface area contributed by atoms with E-state index in [2.05, 4.69) is 4.98 Å². The second-order valence-corrected chi connectivity index (χ2v) is 5.05. The van der Waals surface area contributed by atoms with Gasteiger partial charge < -0.3 is 11.5 Å². The van der Waals surface area contributed by atoms with Crippen molar-refractivity contribution in [3.8, 4) is 0 Å². The van der Waals surface area contributed by atoms with Crippen LogP contribution in [0.3, 0.4) is 0 Å². The van der Waals surface area contributed by atoms with Crippen molar-refractivity contribution >= 4 is 23.2 Å². The molecule has 0 aliphatic carbocycles. The predicted molar refractivity (Wildman–Crippen MR) is 91.3 cm³/mol. The summed E-state index contributed by atoms with van der Waals surface area (Å²) in [6.45, 7) is 1.84. The Bertz CT molecular complexity index is 692. The van der Waals surface area contributed by atoms with Gasteiger partial charge in [-0.3, -0.25) is 4.79 Å². The van der Waals surface area contributed by atoms with Gasteiger partial charge in [-0.25, -0.2) is 9.37 Å². The van der Waals surface area contributed by atoms with Crippen LogP contribution >= 0.6 is 11.6 Å². The molecule has 4 nitrogen and oxygen atoms in total. The molecule has 1 aromatic heterocycles. The molecule has 1 heterocycles. The van der Waals surface area contributed by atoms with Gasteiger partial charge in [0, 0.05) is 30.5 Å². The van der Waals surface area contributed by atoms with Crippen LogP contribution in [0, 0.1) is 5.82 Å². The number of pyridine rings is 1. The first-order valence-corrected chi connectivity index (χ1v) is 6.83. The Morgan fingerprint density at radius 3 is 2.71 bits per heavy atom. The summed E-state index contributed by atoms with van der Waals surface area (Å²) in [7, 11) is 0. The minimum atomic E-state index is -0.682. The normalized spacial score (nSPS) is 12.2. The van der Waals surface area contributed by atoms with E-state index in [0.717, 1.165) is 0 Å². The second kappa shape index (κ2) is 6.20. The molecule has 0 bridgehead atoms.